The minimum Gasteiger partial charge on any atom is -0.417 e. The van der Waals surface area contributed by atoms with E-state index in [9.17, 15) is 9.59 Å². The summed E-state index contributed by atoms with van der Waals surface area (Å²) < 4.78 is 5.41. The summed E-state index contributed by atoms with van der Waals surface area (Å²) >= 11 is 5.85. The number of benzene rings is 1. The third-order valence-electron chi connectivity index (χ3n) is 4.06. The molecule has 0 aliphatic carbocycles. The molecule has 8 heteroatoms. The Balaban J connectivity index is 1.60. The molecule has 3 rings (SSSR count). The van der Waals surface area contributed by atoms with Gasteiger partial charge in [-0.05, 0) is 24.3 Å². The SMILES string of the molecule is CC(C)c1nnc(C(=O)N2CCN(C(=O)c3ccc(Cl)cc3)CC2)o1. The van der Waals surface area contributed by atoms with Gasteiger partial charge in [0, 0.05) is 42.7 Å². The first kappa shape index (κ1) is 17.4. The van der Waals surface area contributed by atoms with E-state index in [1.165, 1.54) is 0 Å². The van der Waals surface area contributed by atoms with Crippen molar-refractivity contribution in [2.24, 2.45) is 0 Å². The van der Waals surface area contributed by atoms with E-state index >= 15 is 0 Å². The Morgan fingerprint density at radius 1 is 1.00 bits per heavy atom. The zero-order valence-corrected chi connectivity index (χ0v) is 14.9. The average Bonchev–Trinajstić information content (AvgIpc) is 3.12. The van der Waals surface area contributed by atoms with Crippen LogP contribution in [-0.4, -0.2) is 58.0 Å². The van der Waals surface area contributed by atoms with E-state index in [-0.39, 0.29) is 23.6 Å². The molecule has 1 aliphatic heterocycles. The van der Waals surface area contributed by atoms with Crippen LogP contribution in [0.3, 0.4) is 0 Å². The quantitative estimate of drug-likeness (QED) is 0.837. The van der Waals surface area contributed by atoms with Gasteiger partial charge < -0.3 is 14.2 Å². The Hall–Kier alpha value is -2.41. The van der Waals surface area contributed by atoms with E-state index in [0.29, 0.717) is 42.7 Å². The smallest absolute Gasteiger partial charge is 0.311 e. The fourth-order valence-corrected chi connectivity index (χ4v) is 2.70. The van der Waals surface area contributed by atoms with Crippen LogP contribution in [-0.2, 0) is 0 Å². The van der Waals surface area contributed by atoms with Gasteiger partial charge in [0.05, 0.1) is 0 Å². The van der Waals surface area contributed by atoms with Crippen molar-refractivity contribution in [1.29, 1.82) is 0 Å². The largest absolute Gasteiger partial charge is 0.417 e. The molecule has 1 aromatic heterocycles. The molecule has 1 aromatic carbocycles. The minimum atomic E-state index is -0.294. The summed E-state index contributed by atoms with van der Waals surface area (Å²) in [4.78, 5) is 28.3. The number of carbonyl (C=O) groups excluding carboxylic acids is 2. The van der Waals surface area contributed by atoms with Crippen molar-refractivity contribution in [3.8, 4) is 0 Å². The molecular weight excluding hydrogens is 344 g/mol. The number of carbonyl (C=O) groups is 2. The zero-order chi connectivity index (χ0) is 18.0. The monoisotopic (exact) mass is 362 g/mol. The van der Waals surface area contributed by atoms with E-state index in [1.54, 1.807) is 34.1 Å². The summed E-state index contributed by atoms with van der Waals surface area (Å²) in [5, 5.41) is 8.29. The second kappa shape index (κ2) is 7.23. The van der Waals surface area contributed by atoms with Gasteiger partial charge in [0.15, 0.2) is 0 Å². The van der Waals surface area contributed by atoms with Gasteiger partial charge in [0.25, 0.3) is 5.91 Å². The van der Waals surface area contributed by atoms with Crippen molar-refractivity contribution >= 4 is 23.4 Å². The maximum absolute atomic E-state index is 12.5. The van der Waals surface area contributed by atoms with Gasteiger partial charge in [-0.3, -0.25) is 9.59 Å². The molecule has 2 heterocycles. The van der Waals surface area contributed by atoms with Gasteiger partial charge in [-0.25, -0.2) is 0 Å². The maximum Gasteiger partial charge on any atom is 0.311 e. The Kier molecular flexibility index (Phi) is 5.03. The number of aromatic nitrogens is 2. The Labute approximate surface area is 150 Å². The second-order valence-electron chi connectivity index (χ2n) is 6.19. The van der Waals surface area contributed by atoms with E-state index in [2.05, 4.69) is 10.2 Å². The third kappa shape index (κ3) is 3.82. The van der Waals surface area contributed by atoms with Gasteiger partial charge in [0.2, 0.25) is 5.89 Å². The number of halogens is 1. The molecule has 0 spiro atoms. The summed E-state index contributed by atoms with van der Waals surface area (Å²) in [5.41, 5.74) is 0.586. The van der Waals surface area contributed by atoms with E-state index in [1.807, 2.05) is 13.8 Å². The molecule has 2 amide bonds. The number of hydrogen-bond donors (Lipinski definition) is 0. The molecule has 0 bridgehead atoms. The van der Waals surface area contributed by atoms with E-state index in [4.69, 9.17) is 16.0 Å². The highest BCUT2D eigenvalue weighted by atomic mass is 35.5. The standard InChI is InChI=1S/C17H19ClN4O3/c1-11(2)14-19-20-15(25-14)17(24)22-9-7-21(8-10-22)16(23)12-3-5-13(18)6-4-12/h3-6,11H,7-10H2,1-2H3. The highest BCUT2D eigenvalue weighted by Gasteiger charge is 2.28. The zero-order valence-electron chi connectivity index (χ0n) is 14.1. The summed E-state index contributed by atoms with van der Waals surface area (Å²) in [6, 6.07) is 6.79. The van der Waals surface area contributed by atoms with Crippen molar-refractivity contribution in [2.75, 3.05) is 26.2 Å². The Bertz CT molecular complexity index is 764. The highest BCUT2D eigenvalue weighted by Crippen LogP contribution is 2.16. The normalized spacial score (nSPS) is 14.9. The van der Waals surface area contributed by atoms with Crippen molar-refractivity contribution in [3.63, 3.8) is 0 Å². The predicted octanol–water partition coefficient (Wildman–Crippen LogP) is 2.44. The lowest BCUT2D eigenvalue weighted by atomic mass is 10.2. The van der Waals surface area contributed by atoms with Gasteiger partial charge in [-0.1, -0.05) is 25.4 Å². The lowest BCUT2D eigenvalue weighted by Gasteiger charge is -2.34. The van der Waals surface area contributed by atoms with Crippen LogP contribution in [0.2, 0.25) is 5.02 Å². The molecule has 25 heavy (non-hydrogen) atoms. The first-order valence-electron chi connectivity index (χ1n) is 8.13. The van der Waals surface area contributed by atoms with Crippen LogP contribution in [0.1, 0.15) is 46.7 Å². The molecule has 1 saturated heterocycles. The third-order valence-corrected chi connectivity index (χ3v) is 4.31. The Morgan fingerprint density at radius 3 is 2.08 bits per heavy atom. The van der Waals surface area contributed by atoms with Crippen LogP contribution in [0.15, 0.2) is 28.7 Å². The average molecular weight is 363 g/mol. The lowest BCUT2D eigenvalue weighted by molar-refractivity contribution is 0.0512. The van der Waals surface area contributed by atoms with Crippen LogP contribution in [0.25, 0.3) is 0 Å². The van der Waals surface area contributed by atoms with Gasteiger partial charge in [-0.2, -0.15) is 0 Å². The number of nitrogens with zero attached hydrogens (tertiary/aromatic N) is 4. The maximum atomic E-state index is 12.5. The number of piperazine rings is 1. The van der Waals surface area contributed by atoms with Crippen molar-refractivity contribution < 1.29 is 14.0 Å². The molecule has 0 radical (unpaired) electrons. The molecule has 7 nitrogen and oxygen atoms in total. The predicted molar refractivity (Wildman–Crippen MR) is 91.6 cm³/mol. The summed E-state index contributed by atoms with van der Waals surface area (Å²) in [6.45, 7) is 5.61. The van der Waals surface area contributed by atoms with Gasteiger partial charge in [0.1, 0.15) is 0 Å². The van der Waals surface area contributed by atoms with Crippen LogP contribution >= 0.6 is 11.6 Å². The van der Waals surface area contributed by atoms with Gasteiger partial charge >= 0.3 is 11.8 Å². The molecular formula is C17H19ClN4O3. The highest BCUT2D eigenvalue weighted by molar-refractivity contribution is 6.30. The topological polar surface area (TPSA) is 79.5 Å². The molecule has 0 N–H and O–H groups in total. The van der Waals surface area contributed by atoms with Crippen molar-refractivity contribution in [2.45, 2.75) is 19.8 Å². The minimum absolute atomic E-state index is 0.00109. The van der Waals surface area contributed by atoms with Crippen LogP contribution < -0.4 is 0 Å². The van der Waals surface area contributed by atoms with E-state index in [0.717, 1.165) is 0 Å². The van der Waals surface area contributed by atoms with Crippen LogP contribution in [0, 0.1) is 0 Å². The first-order chi connectivity index (χ1) is 12.0. The Morgan fingerprint density at radius 2 is 1.56 bits per heavy atom. The fraction of sp³-hybridized carbons (Fsp3) is 0.412. The van der Waals surface area contributed by atoms with E-state index < -0.39 is 0 Å². The summed E-state index contributed by atoms with van der Waals surface area (Å²) in [5.74, 6) is 0.158. The summed E-state index contributed by atoms with van der Waals surface area (Å²) in [7, 11) is 0. The van der Waals surface area contributed by atoms with Crippen molar-refractivity contribution in [3.05, 3.63) is 46.6 Å². The molecule has 0 saturated carbocycles. The molecule has 1 aliphatic rings. The number of hydrogen-bond acceptors (Lipinski definition) is 5. The first-order valence-corrected chi connectivity index (χ1v) is 8.51. The molecule has 0 unspecified atom stereocenters. The van der Waals surface area contributed by atoms with Crippen molar-refractivity contribution in [1.82, 2.24) is 20.0 Å². The lowest BCUT2D eigenvalue weighted by Crippen LogP contribution is -2.50. The molecule has 132 valence electrons. The fourth-order valence-electron chi connectivity index (χ4n) is 2.58. The molecule has 0 atom stereocenters. The molecule has 1 fully saturated rings. The van der Waals surface area contributed by atoms with Gasteiger partial charge in [-0.15, -0.1) is 10.2 Å². The summed E-state index contributed by atoms with van der Waals surface area (Å²) in [6.07, 6.45) is 0. The second-order valence-corrected chi connectivity index (χ2v) is 6.63. The molecule has 2 aromatic rings. The number of amides is 2. The van der Waals surface area contributed by atoms with Crippen LogP contribution in [0.4, 0.5) is 0 Å². The van der Waals surface area contributed by atoms with Crippen LogP contribution in [0.5, 0.6) is 0 Å². The number of rotatable bonds is 3.